The Hall–Kier alpha value is -0.540. The second-order valence-corrected chi connectivity index (χ2v) is 7.55. The van der Waals surface area contributed by atoms with E-state index in [0.29, 0.717) is 0 Å². The van der Waals surface area contributed by atoms with Gasteiger partial charge in [0.1, 0.15) is 0 Å². The summed E-state index contributed by atoms with van der Waals surface area (Å²) in [7, 11) is 4.13. The van der Waals surface area contributed by atoms with Gasteiger partial charge in [0.05, 0.1) is 5.00 Å². The van der Waals surface area contributed by atoms with Crippen molar-refractivity contribution >= 4 is 46.3 Å². The summed E-state index contributed by atoms with van der Waals surface area (Å²) in [6.07, 6.45) is 2.65. The summed E-state index contributed by atoms with van der Waals surface area (Å²) in [6, 6.07) is 4.35. The third-order valence-corrected chi connectivity index (χ3v) is 5.81. The van der Waals surface area contributed by atoms with E-state index in [2.05, 4.69) is 49.6 Å². The molecule has 1 aromatic rings. The molecule has 2 aliphatic heterocycles. The predicted molar refractivity (Wildman–Crippen MR) is 115 cm³/mol. The van der Waals surface area contributed by atoms with Crippen molar-refractivity contribution < 1.29 is 0 Å². The molecule has 7 heteroatoms. The van der Waals surface area contributed by atoms with Crippen LogP contribution in [0.15, 0.2) is 22.5 Å². The van der Waals surface area contributed by atoms with Gasteiger partial charge in [-0.05, 0) is 49.9 Å². The van der Waals surface area contributed by atoms with Gasteiger partial charge in [-0.15, -0.1) is 35.3 Å². The Balaban J connectivity index is 0.00000208. The molecular formula is C17H30IN5S. The van der Waals surface area contributed by atoms with Crippen molar-refractivity contribution in [2.75, 3.05) is 64.8 Å². The number of piperidine rings is 1. The van der Waals surface area contributed by atoms with Gasteiger partial charge in [-0.1, -0.05) is 0 Å². The maximum absolute atomic E-state index is 4.50. The number of guanidine groups is 1. The number of nitrogens with zero attached hydrogens (tertiary/aromatic N) is 4. The molecule has 0 aliphatic carbocycles. The molecule has 0 bridgehead atoms. The SMILES string of the molecule is CN=C(NCC1CCCN(C)C1)N1CCN(c2cccs2)CC1.I. The summed E-state index contributed by atoms with van der Waals surface area (Å²) < 4.78 is 0. The maximum atomic E-state index is 4.50. The van der Waals surface area contributed by atoms with Crippen LogP contribution in [0, 0.1) is 5.92 Å². The smallest absolute Gasteiger partial charge is 0.193 e. The zero-order valence-electron chi connectivity index (χ0n) is 14.8. The van der Waals surface area contributed by atoms with Crippen molar-refractivity contribution in [2.24, 2.45) is 10.9 Å². The fourth-order valence-corrected chi connectivity index (χ4v) is 4.38. The molecule has 2 aliphatic rings. The molecule has 0 saturated carbocycles. The van der Waals surface area contributed by atoms with E-state index in [1.54, 1.807) is 0 Å². The lowest BCUT2D eigenvalue weighted by molar-refractivity contribution is 0.209. The molecular weight excluding hydrogens is 433 g/mol. The molecule has 1 atom stereocenters. The molecule has 2 fully saturated rings. The van der Waals surface area contributed by atoms with E-state index in [9.17, 15) is 0 Å². The molecule has 3 rings (SSSR count). The Kier molecular flexibility index (Phi) is 8.09. The number of aliphatic imine (C=N–C) groups is 1. The largest absolute Gasteiger partial charge is 0.360 e. The lowest BCUT2D eigenvalue weighted by Crippen LogP contribution is -2.53. The molecule has 1 unspecified atom stereocenters. The Bertz CT molecular complexity index is 499. The van der Waals surface area contributed by atoms with E-state index in [0.717, 1.165) is 44.6 Å². The van der Waals surface area contributed by atoms with Gasteiger partial charge in [-0.2, -0.15) is 0 Å². The van der Waals surface area contributed by atoms with Crippen molar-refractivity contribution in [3.63, 3.8) is 0 Å². The van der Waals surface area contributed by atoms with E-state index in [-0.39, 0.29) is 24.0 Å². The van der Waals surface area contributed by atoms with Gasteiger partial charge in [0.25, 0.3) is 0 Å². The van der Waals surface area contributed by atoms with E-state index < -0.39 is 0 Å². The van der Waals surface area contributed by atoms with Gasteiger partial charge >= 0.3 is 0 Å². The summed E-state index contributed by atoms with van der Waals surface area (Å²) in [6.45, 7) is 7.74. The van der Waals surface area contributed by atoms with Crippen molar-refractivity contribution in [3.8, 4) is 0 Å². The first-order valence-electron chi connectivity index (χ1n) is 8.69. The number of likely N-dealkylation sites (tertiary alicyclic amines) is 1. The number of rotatable bonds is 3. The number of hydrogen-bond donors (Lipinski definition) is 1. The molecule has 3 heterocycles. The third kappa shape index (κ3) is 5.23. The molecule has 2 saturated heterocycles. The third-order valence-electron chi connectivity index (χ3n) is 4.88. The average Bonchev–Trinajstić information content (AvgIpc) is 3.11. The summed E-state index contributed by atoms with van der Waals surface area (Å²) in [5.74, 6) is 1.82. The van der Waals surface area contributed by atoms with Crippen molar-refractivity contribution in [1.29, 1.82) is 0 Å². The minimum Gasteiger partial charge on any atom is -0.360 e. The predicted octanol–water partition coefficient (Wildman–Crippen LogP) is 2.41. The summed E-state index contributed by atoms with van der Waals surface area (Å²) in [5, 5.41) is 7.16. The monoisotopic (exact) mass is 463 g/mol. The first-order chi connectivity index (χ1) is 11.3. The van der Waals surface area contributed by atoms with Crippen LogP contribution in [0.5, 0.6) is 0 Å². The Morgan fingerprint density at radius 3 is 2.71 bits per heavy atom. The Morgan fingerprint density at radius 2 is 2.08 bits per heavy atom. The van der Waals surface area contributed by atoms with E-state index >= 15 is 0 Å². The fraction of sp³-hybridized carbons (Fsp3) is 0.706. The molecule has 0 radical (unpaired) electrons. The number of thiophene rings is 1. The molecule has 24 heavy (non-hydrogen) atoms. The van der Waals surface area contributed by atoms with Crippen LogP contribution in [-0.2, 0) is 0 Å². The quantitative estimate of drug-likeness (QED) is 0.424. The lowest BCUT2D eigenvalue weighted by Gasteiger charge is -2.37. The van der Waals surface area contributed by atoms with Crippen molar-refractivity contribution in [2.45, 2.75) is 12.8 Å². The van der Waals surface area contributed by atoms with Crippen LogP contribution in [-0.4, -0.2) is 75.7 Å². The summed E-state index contributed by atoms with van der Waals surface area (Å²) in [4.78, 5) is 11.8. The number of hydrogen-bond acceptors (Lipinski definition) is 4. The second-order valence-electron chi connectivity index (χ2n) is 6.62. The molecule has 1 N–H and O–H groups in total. The molecule has 136 valence electrons. The van der Waals surface area contributed by atoms with Gasteiger partial charge in [-0.25, -0.2) is 0 Å². The fourth-order valence-electron chi connectivity index (χ4n) is 3.60. The minimum atomic E-state index is 0. The molecule has 1 aromatic heterocycles. The first-order valence-corrected chi connectivity index (χ1v) is 9.57. The van der Waals surface area contributed by atoms with E-state index in [1.807, 2.05) is 18.4 Å². The van der Waals surface area contributed by atoms with Crippen LogP contribution >= 0.6 is 35.3 Å². The van der Waals surface area contributed by atoms with Crippen molar-refractivity contribution in [3.05, 3.63) is 17.5 Å². The van der Waals surface area contributed by atoms with Crippen molar-refractivity contribution in [1.82, 2.24) is 15.1 Å². The van der Waals surface area contributed by atoms with Crippen LogP contribution in [0.1, 0.15) is 12.8 Å². The zero-order valence-corrected chi connectivity index (χ0v) is 17.9. The maximum Gasteiger partial charge on any atom is 0.193 e. The topological polar surface area (TPSA) is 34.1 Å². The van der Waals surface area contributed by atoms with Crippen LogP contribution in [0.2, 0.25) is 0 Å². The zero-order chi connectivity index (χ0) is 16.1. The van der Waals surface area contributed by atoms with Gasteiger partial charge in [0, 0.05) is 46.3 Å². The molecule has 5 nitrogen and oxygen atoms in total. The first kappa shape index (κ1) is 19.8. The lowest BCUT2D eigenvalue weighted by atomic mass is 9.98. The van der Waals surface area contributed by atoms with Crippen LogP contribution < -0.4 is 10.2 Å². The van der Waals surface area contributed by atoms with Gasteiger partial charge in [0.2, 0.25) is 0 Å². The second kappa shape index (κ2) is 9.82. The Morgan fingerprint density at radius 1 is 1.29 bits per heavy atom. The van der Waals surface area contributed by atoms with E-state index in [1.165, 1.54) is 30.9 Å². The van der Waals surface area contributed by atoms with Crippen LogP contribution in [0.4, 0.5) is 5.00 Å². The van der Waals surface area contributed by atoms with E-state index in [4.69, 9.17) is 0 Å². The van der Waals surface area contributed by atoms with Crippen LogP contribution in [0.3, 0.4) is 0 Å². The number of anilines is 1. The highest BCUT2D eigenvalue weighted by molar-refractivity contribution is 14.0. The molecule has 0 amide bonds. The standard InChI is InChI=1S/C17H29N5S.HI/c1-18-17(19-13-15-5-3-7-20(2)14-15)22-10-8-21(9-11-22)16-6-4-12-23-16;/h4,6,12,15H,3,5,7-11,13-14H2,1-2H3,(H,18,19);1H. The van der Waals surface area contributed by atoms with Gasteiger partial charge < -0.3 is 20.0 Å². The number of nitrogens with one attached hydrogen (secondary N) is 1. The minimum absolute atomic E-state index is 0. The highest BCUT2D eigenvalue weighted by Crippen LogP contribution is 2.22. The number of piperazine rings is 1. The number of halogens is 1. The average molecular weight is 463 g/mol. The normalized spacial score (nSPS) is 23.1. The summed E-state index contributed by atoms with van der Waals surface area (Å²) >= 11 is 1.83. The summed E-state index contributed by atoms with van der Waals surface area (Å²) in [5.41, 5.74) is 0. The molecule has 0 spiro atoms. The highest BCUT2D eigenvalue weighted by Gasteiger charge is 2.22. The molecule has 0 aromatic carbocycles. The van der Waals surface area contributed by atoms with Crippen LogP contribution in [0.25, 0.3) is 0 Å². The highest BCUT2D eigenvalue weighted by atomic mass is 127. The van der Waals surface area contributed by atoms with Gasteiger partial charge in [0.15, 0.2) is 5.96 Å². The Labute approximate surface area is 167 Å². The van der Waals surface area contributed by atoms with Gasteiger partial charge in [-0.3, -0.25) is 4.99 Å².